The van der Waals surface area contributed by atoms with Crippen LogP contribution in [0.15, 0.2) is 182 Å². The molecule has 0 aliphatic rings. The third-order valence-electron chi connectivity index (χ3n) is 9.72. The van der Waals surface area contributed by atoms with Crippen LogP contribution in [0.2, 0.25) is 0 Å². The molecule has 3 aromatic heterocycles. The minimum atomic E-state index is -0.564. The summed E-state index contributed by atoms with van der Waals surface area (Å²) in [5.41, 5.74) is 6.17. The van der Waals surface area contributed by atoms with Crippen LogP contribution in [0.3, 0.4) is 0 Å². The molecule has 0 radical (unpaired) electrons. The Kier molecular flexibility index (Phi) is 5.67. The predicted octanol–water partition coefficient (Wildman–Crippen LogP) is 11.9. The van der Waals surface area contributed by atoms with Crippen molar-refractivity contribution in [3.05, 3.63) is 199 Å². The first-order valence-electron chi connectivity index (χ1n) is 22.7. The lowest BCUT2D eigenvalue weighted by Gasteiger charge is -2.17. The second kappa shape index (κ2) is 13.3. The summed E-state index contributed by atoms with van der Waals surface area (Å²) >= 11 is 0. The summed E-state index contributed by atoms with van der Waals surface area (Å²) in [6.45, 7) is 4.08. The van der Waals surface area contributed by atoms with Gasteiger partial charge < -0.3 is 4.74 Å². The Bertz CT molecular complexity index is 3490. The summed E-state index contributed by atoms with van der Waals surface area (Å²) in [7, 11) is 0. The monoisotopic (exact) mass is 718 g/mol. The van der Waals surface area contributed by atoms with Gasteiger partial charge in [0.1, 0.15) is 17.3 Å². The molecule has 10 aromatic rings. The number of hydrogen-bond donors (Lipinski definition) is 0. The topological polar surface area (TPSA) is 35.9 Å². The molecule has 3 heterocycles. The van der Waals surface area contributed by atoms with Crippen LogP contribution in [0.25, 0.3) is 72.3 Å². The van der Waals surface area contributed by atoms with Gasteiger partial charge in [-0.05, 0) is 83.6 Å². The van der Waals surface area contributed by atoms with Crippen molar-refractivity contribution in [3.63, 3.8) is 0 Å². The summed E-state index contributed by atoms with van der Waals surface area (Å²) in [5, 5.41) is 2.14. The van der Waals surface area contributed by atoms with Gasteiger partial charge in [-0.15, -0.1) is 0 Å². The summed E-state index contributed by atoms with van der Waals surface area (Å²) in [5.74, 6) is 1.94. The number of pyridine rings is 1. The van der Waals surface area contributed by atoms with Gasteiger partial charge in [0, 0.05) is 23.0 Å². The van der Waals surface area contributed by atoms with E-state index in [-0.39, 0.29) is 27.9 Å². The van der Waals surface area contributed by atoms with E-state index in [2.05, 4.69) is 36.0 Å². The van der Waals surface area contributed by atoms with E-state index in [1.807, 2.05) is 92.0 Å². The molecule has 5 nitrogen and oxygen atoms in total. The molecule has 0 N–H and O–H groups in total. The Labute approximate surface area is 333 Å². The summed E-state index contributed by atoms with van der Waals surface area (Å²) in [6, 6.07) is 30.7. The average Bonchev–Trinajstić information content (AvgIpc) is 3.85. The highest BCUT2D eigenvalue weighted by molar-refractivity contribution is 6.09. The number of hydrogen-bond acceptors (Lipinski definition) is 2. The van der Waals surface area contributed by atoms with E-state index in [4.69, 9.17) is 23.4 Å². The van der Waals surface area contributed by atoms with Gasteiger partial charge in [-0.3, -0.25) is 13.7 Å². The lowest BCUT2D eigenvalue weighted by atomic mass is 9.95. The van der Waals surface area contributed by atoms with Gasteiger partial charge in [-0.2, -0.15) is 0 Å². The van der Waals surface area contributed by atoms with Crippen LogP contribution in [0.5, 0.6) is 11.5 Å². The number of fused-ring (bicyclic) bond motifs is 4. The molecule has 0 saturated heterocycles. The van der Waals surface area contributed by atoms with Crippen LogP contribution in [0, 0.1) is 20.2 Å². The Hall–Kier alpha value is -7.24. The highest BCUT2D eigenvalue weighted by atomic mass is 16.5. The van der Waals surface area contributed by atoms with Crippen molar-refractivity contribution in [2.45, 2.75) is 13.8 Å². The van der Waals surface area contributed by atoms with Crippen LogP contribution < -0.4 is 9.30 Å². The van der Waals surface area contributed by atoms with E-state index in [1.54, 1.807) is 27.3 Å². The molecular weight excluding hydrogens is 673 g/mol. The van der Waals surface area contributed by atoms with Gasteiger partial charge in [0.2, 0.25) is 0 Å². The Morgan fingerprint density at radius 3 is 2.02 bits per heavy atom. The number of para-hydroxylation sites is 4. The fraction of sp³-hybridized carbons (Fsp3) is 0.0400. The summed E-state index contributed by atoms with van der Waals surface area (Å²) in [4.78, 5) is 4.84. The van der Waals surface area contributed by atoms with Gasteiger partial charge in [0.25, 0.3) is 6.33 Å². The first-order valence-corrected chi connectivity index (χ1v) is 17.7. The SMILES string of the molecule is [2H]c1c([2H])c([2H])c(-c2cccc(-c3c([2H])c([2H])c([2H])c([2H])c3[2H])c2-[n+]2[c-]n(-c3cccc(Oc4ccc5c6ccccc6n(-c6ncc(C)cc6C)c5c4)c3)c3ccccc32)c([2H])c1[2H]. The van der Waals surface area contributed by atoms with Crippen molar-refractivity contribution in [1.82, 2.24) is 14.1 Å². The van der Waals surface area contributed by atoms with Gasteiger partial charge in [0.15, 0.2) is 0 Å². The van der Waals surface area contributed by atoms with Gasteiger partial charge in [0.05, 0.1) is 47.1 Å². The van der Waals surface area contributed by atoms with E-state index >= 15 is 0 Å². The largest absolute Gasteiger partial charge is 0.458 e. The zero-order chi connectivity index (χ0) is 45.6. The third kappa shape index (κ3) is 5.65. The minimum Gasteiger partial charge on any atom is -0.458 e. The minimum absolute atomic E-state index is 0.127. The third-order valence-corrected chi connectivity index (χ3v) is 9.72. The number of nitrogens with zero attached hydrogens (tertiary/aromatic N) is 4. The molecule has 0 aliphatic carbocycles. The van der Waals surface area contributed by atoms with E-state index in [0.717, 1.165) is 38.8 Å². The molecule has 55 heavy (non-hydrogen) atoms. The number of rotatable bonds is 7. The summed E-state index contributed by atoms with van der Waals surface area (Å²) in [6.07, 6.45) is 5.29. The first kappa shape index (κ1) is 23.4. The van der Waals surface area contributed by atoms with Crippen molar-refractivity contribution < 1.29 is 23.0 Å². The highest BCUT2D eigenvalue weighted by Crippen LogP contribution is 2.37. The maximum atomic E-state index is 8.98. The maximum absolute atomic E-state index is 8.98. The van der Waals surface area contributed by atoms with Crippen LogP contribution in [-0.2, 0) is 0 Å². The molecule has 0 unspecified atom stereocenters. The maximum Gasteiger partial charge on any atom is 0.269 e. The Balaban J connectivity index is 1.16. The number of aromatic nitrogens is 4. The second-order valence-corrected chi connectivity index (χ2v) is 13.2. The van der Waals surface area contributed by atoms with Crippen LogP contribution in [0.4, 0.5) is 0 Å². The molecule has 0 fully saturated rings. The Morgan fingerprint density at radius 1 is 0.618 bits per heavy atom. The predicted molar refractivity (Wildman–Crippen MR) is 223 cm³/mol. The first-order chi connectivity index (χ1) is 31.2. The van der Waals surface area contributed by atoms with Crippen LogP contribution in [0.1, 0.15) is 24.8 Å². The van der Waals surface area contributed by atoms with E-state index in [1.165, 1.54) is 0 Å². The lowest BCUT2D eigenvalue weighted by molar-refractivity contribution is -0.571. The number of ether oxygens (including phenoxy) is 1. The average molecular weight is 719 g/mol. The molecular formula is C50H36N4O. The van der Waals surface area contributed by atoms with E-state index in [0.29, 0.717) is 28.2 Å². The normalized spacial score (nSPS) is 14.0. The molecule has 0 bridgehead atoms. The molecule has 0 spiro atoms. The molecule has 10 rings (SSSR count). The van der Waals surface area contributed by atoms with Gasteiger partial charge in [-0.25, -0.2) is 4.98 Å². The van der Waals surface area contributed by atoms with Gasteiger partial charge >= 0.3 is 0 Å². The fourth-order valence-corrected chi connectivity index (χ4v) is 7.38. The number of benzene rings is 7. The highest BCUT2D eigenvalue weighted by Gasteiger charge is 2.20. The summed E-state index contributed by atoms with van der Waals surface area (Å²) < 4.78 is 98.8. The number of aryl methyl sites for hydroxylation is 2. The molecule has 0 atom stereocenters. The second-order valence-electron chi connectivity index (χ2n) is 13.2. The Morgan fingerprint density at radius 2 is 1.27 bits per heavy atom. The smallest absolute Gasteiger partial charge is 0.269 e. The number of imidazole rings is 1. The van der Waals surface area contributed by atoms with Crippen molar-refractivity contribution in [2.24, 2.45) is 0 Å². The molecule has 0 amide bonds. The van der Waals surface area contributed by atoms with E-state index in [9.17, 15) is 0 Å². The van der Waals surface area contributed by atoms with Crippen molar-refractivity contribution in [2.75, 3.05) is 0 Å². The quantitative estimate of drug-likeness (QED) is 0.121. The van der Waals surface area contributed by atoms with Crippen LogP contribution >= 0.6 is 0 Å². The molecule has 0 saturated carbocycles. The molecule has 0 aliphatic heterocycles. The zero-order valence-electron chi connectivity index (χ0n) is 39.7. The van der Waals surface area contributed by atoms with Crippen molar-refractivity contribution >= 4 is 32.8 Å². The standard InChI is InChI=1S/C50H36N4O/c1-34-29-35(2)50(51-32-34)54-45-24-10-9-21-43(45)44-28-27-40(31-48(44)54)55-39-20-13-19-38(30-39)52-33-53(47-26-12-11-25-46(47)52)49-41(36-15-5-3-6-16-36)22-14-23-42(49)37-17-7-4-8-18-37/h3-32H,1-2H3/i3D,4D,5D,6D,7D,8D,15D,16D,17D,18D. The van der Waals surface area contributed by atoms with Gasteiger partial charge in [-0.1, -0.05) is 133 Å². The van der Waals surface area contributed by atoms with Crippen molar-refractivity contribution in [1.29, 1.82) is 0 Å². The molecule has 5 heteroatoms. The lowest BCUT2D eigenvalue weighted by Crippen LogP contribution is -2.31. The van der Waals surface area contributed by atoms with Crippen LogP contribution in [-0.4, -0.2) is 14.1 Å². The molecule has 7 aromatic carbocycles. The van der Waals surface area contributed by atoms with Crippen molar-refractivity contribution in [3.8, 4) is 50.9 Å². The zero-order valence-corrected chi connectivity index (χ0v) is 29.7. The molecule has 262 valence electrons. The van der Waals surface area contributed by atoms with E-state index < -0.39 is 60.4 Å². The fourth-order valence-electron chi connectivity index (χ4n) is 7.38.